The van der Waals surface area contributed by atoms with Gasteiger partial charge in [0, 0.05) is 38.9 Å². The Labute approximate surface area is 116 Å². The van der Waals surface area contributed by atoms with E-state index < -0.39 is 0 Å². The second kappa shape index (κ2) is 5.24. The SMILES string of the molecule is Cc1nn(C)c(CN(C)Cc2cnn(C)c2)c1Br. The molecule has 2 aromatic rings. The molecule has 0 radical (unpaired) electrons. The van der Waals surface area contributed by atoms with E-state index in [4.69, 9.17) is 0 Å². The largest absolute Gasteiger partial charge is 0.296 e. The molecular weight excluding hydrogens is 294 g/mol. The van der Waals surface area contributed by atoms with Crippen LogP contribution in [0, 0.1) is 6.92 Å². The van der Waals surface area contributed by atoms with Gasteiger partial charge in [0.2, 0.25) is 0 Å². The lowest BCUT2D eigenvalue weighted by molar-refractivity contribution is 0.309. The Morgan fingerprint density at radius 3 is 2.56 bits per heavy atom. The van der Waals surface area contributed by atoms with Gasteiger partial charge in [-0.2, -0.15) is 10.2 Å². The fourth-order valence-corrected chi connectivity index (χ4v) is 2.49. The minimum Gasteiger partial charge on any atom is -0.296 e. The van der Waals surface area contributed by atoms with E-state index in [2.05, 4.69) is 38.1 Å². The Hall–Kier alpha value is -1.14. The lowest BCUT2D eigenvalue weighted by Gasteiger charge is -2.16. The molecule has 6 heteroatoms. The van der Waals surface area contributed by atoms with E-state index >= 15 is 0 Å². The highest BCUT2D eigenvalue weighted by molar-refractivity contribution is 9.10. The monoisotopic (exact) mass is 311 g/mol. The van der Waals surface area contributed by atoms with E-state index in [-0.39, 0.29) is 0 Å². The number of halogens is 1. The zero-order valence-corrected chi connectivity index (χ0v) is 12.8. The van der Waals surface area contributed by atoms with E-state index in [1.165, 1.54) is 11.3 Å². The summed E-state index contributed by atoms with van der Waals surface area (Å²) in [6.45, 7) is 3.74. The zero-order chi connectivity index (χ0) is 13.3. The molecule has 98 valence electrons. The predicted molar refractivity (Wildman–Crippen MR) is 74.0 cm³/mol. The molecule has 0 saturated carbocycles. The van der Waals surface area contributed by atoms with Gasteiger partial charge >= 0.3 is 0 Å². The van der Waals surface area contributed by atoms with Gasteiger partial charge in [-0.05, 0) is 29.9 Å². The fourth-order valence-electron chi connectivity index (χ4n) is 2.03. The van der Waals surface area contributed by atoms with Crippen LogP contribution in [0.25, 0.3) is 0 Å². The molecule has 5 nitrogen and oxygen atoms in total. The molecule has 0 atom stereocenters. The van der Waals surface area contributed by atoms with E-state index in [1.54, 1.807) is 0 Å². The number of nitrogens with zero attached hydrogens (tertiary/aromatic N) is 5. The first-order valence-corrected chi connectivity index (χ1v) is 6.60. The minimum absolute atomic E-state index is 0.854. The van der Waals surface area contributed by atoms with Crippen molar-refractivity contribution in [3.05, 3.63) is 33.8 Å². The van der Waals surface area contributed by atoms with Crippen LogP contribution in [0.5, 0.6) is 0 Å². The summed E-state index contributed by atoms with van der Waals surface area (Å²) < 4.78 is 4.86. The van der Waals surface area contributed by atoms with Crippen molar-refractivity contribution in [2.45, 2.75) is 20.0 Å². The lowest BCUT2D eigenvalue weighted by atomic mass is 10.3. The smallest absolute Gasteiger partial charge is 0.0739 e. The molecule has 0 aliphatic heterocycles. The van der Waals surface area contributed by atoms with Crippen LogP contribution in [0.2, 0.25) is 0 Å². The molecular formula is C12H18BrN5. The van der Waals surface area contributed by atoms with Gasteiger partial charge in [-0.15, -0.1) is 0 Å². The van der Waals surface area contributed by atoms with Crippen molar-refractivity contribution in [3.63, 3.8) is 0 Å². The molecule has 0 aromatic carbocycles. The molecule has 2 aromatic heterocycles. The molecule has 0 amide bonds. The maximum absolute atomic E-state index is 4.40. The minimum atomic E-state index is 0.854. The van der Waals surface area contributed by atoms with Gasteiger partial charge in [-0.3, -0.25) is 14.3 Å². The molecule has 18 heavy (non-hydrogen) atoms. The highest BCUT2D eigenvalue weighted by atomic mass is 79.9. The van der Waals surface area contributed by atoms with Crippen molar-refractivity contribution in [1.29, 1.82) is 0 Å². The number of aryl methyl sites for hydroxylation is 3. The Balaban J connectivity index is 2.05. The van der Waals surface area contributed by atoms with Crippen molar-refractivity contribution in [2.75, 3.05) is 7.05 Å². The average Bonchev–Trinajstić information content (AvgIpc) is 2.78. The van der Waals surface area contributed by atoms with Crippen molar-refractivity contribution in [3.8, 4) is 0 Å². The second-order valence-corrected chi connectivity index (χ2v) is 5.46. The van der Waals surface area contributed by atoms with Crippen LogP contribution in [0.1, 0.15) is 17.0 Å². The number of hydrogen-bond acceptors (Lipinski definition) is 3. The zero-order valence-electron chi connectivity index (χ0n) is 11.2. The molecule has 0 aliphatic carbocycles. The Morgan fingerprint density at radius 1 is 1.33 bits per heavy atom. The fraction of sp³-hybridized carbons (Fsp3) is 0.500. The van der Waals surface area contributed by atoms with Gasteiger partial charge in [0.1, 0.15) is 0 Å². The highest BCUT2D eigenvalue weighted by Gasteiger charge is 2.13. The summed E-state index contributed by atoms with van der Waals surface area (Å²) in [6, 6.07) is 0. The predicted octanol–water partition coefficient (Wildman–Crippen LogP) is 1.86. The maximum atomic E-state index is 4.40. The first kappa shape index (κ1) is 13.3. The van der Waals surface area contributed by atoms with Crippen molar-refractivity contribution < 1.29 is 0 Å². The Bertz CT molecular complexity index is 543. The molecule has 2 heterocycles. The molecule has 0 aliphatic rings. The summed E-state index contributed by atoms with van der Waals surface area (Å²) in [5.74, 6) is 0. The normalized spacial score (nSPS) is 11.4. The van der Waals surface area contributed by atoms with Crippen molar-refractivity contribution in [1.82, 2.24) is 24.5 Å². The topological polar surface area (TPSA) is 38.9 Å². The van der Waals surface area contributed by atoms with Crippen LogP contribution in [0.4, 0.5) is 0 Å². The van der Waals surface area contributed by atoms with Crippen LogP contribution in [0.15, 0.2) is 16.9 Å². The first-order valence-electron chi connectivity index (χ1n) is 5.81. The summed E-state index contributed by atoms with van der Waals surface area (Å²) in [5, 5.41) is 8.58. The second-order valence-electron chi connectivity index (χ2n) is 4.66. The summed E-state index contributed by atoms with van der Waals surface area (Å²) in [6.07, 6.45) is 3.94. The van der Waals surface area contributed by atoms with Crippen LogP contribution < -0.4 is 0 Å². The molecule has 0 unspecified atom stereocenters. The first-order chi connectivity index (χ1) is 8.47. The van der Waals surface area contributed by atoms with Gasteiger partial charge in [0.25, 0.3) is 0 Å². The van der Waals surface area contributed by atoms with Crippen molar-refractivity contribution >= 4 is 15.9 Å². The Kier molecular flexibility index (Phi) is 3.87. The van der Waals surface area contributed by atoms with E-state index in [1.807, 2.05) is 42.8 Å². The number of aromatic nitrogens is 4. The highest BCUT2D eigenvalue weighted by Crippen LogP contribution is 2.21. The molecule has 0 bridgehead atoms. The standard InChI is InChI=1S/C12H18BrN5/c1-9-12(13)11(18(4)15-9)8-16(2)6-10-5-14-17(3)7-10/h5,7H,6,8H2,1-4H3. The van der Waals surface area contributed by atoms with Gasteiger partial charge in [0.15, 0.2) is 0 Å². The van der Waals surface area contributed by atoms with Crippen molar-refractivity contribution in [2.24, 2.45) is 14.1 Å². The van der Waals surface area contributed by atoms with E-state index in [0.717, 1.165) is 23.3 Å². The maximum Gasteiger partial charge on any atom is 0.0739 e. The lowest BCUT2D eigenvalue weighted by Crippen LogP contribution is -2.19. The average molecular weight is 312 g/mol. The molecule has 0 N–H and O–H groups in total. The van der Waals surface area contributed by atoms with E-state index in [9.17, 15) is 0 Å². The summed E-state index contributed by atoms with van der Waals surface area (Å²) in [5.41, 5.74) is 3.44. The van der Waals surface area contributed by atoms with Gasteiger partial charge in [-0.1, -0.05) is 0 Å². The molecule has 2 rings (SSSR count). The quantitative estimate of drug-likeness (QED) is 0.865. The summed E-state index contributed by atoms with van der Waals surface area (Å²) in [4.78, 5) is 2.25. The van der Waals surface area contributed by atoms with Crippen LogP contribution in [0.3, 0.4) is 0 Å². The molecule has 0 spiro atoms. The van der Waals surface area contributed by atoms with Crippen LogP contribution >= 0.6 is 15.9 Å². The Morgan fingerprint density at radius 2 is 2.06 bits per heavy atom. The van der Waals surface area contributed by atoms with Crippen LogP contribution in [-0.4, -0.2) is 31.5 Å². The third kappa shape index (κ3) is 2.81. The van der Waals surface area contributed by atoms with Gasteiger partial charge in [0.05, 0.1) is 22.1 Å². The third-order valence-electron chi connectivity index (χ3n) is 2.89. The molecule has 0 fully saturated rings. The summed E-state index contributed by atoms with van der Waals surface area (Å²) >= 11 is 3.59. The molecule has 0 saturated heterocycles. The van der Waals surface area contributed by atoms with Gasteiger partial charge in [-0.25, -0.2) is 0 Å². The number of hydrogen-bond donors (Lipinski definition) is 0. The van der Waals surface area contributed by atoms with Crippen LogP contribution in [-0.2, 0) is 27.2 Å². The van der Waals surface area contributed by atoms with Gasteiger partial charge < -0.3 is 0 Å². The third-order valence-corrected chi connectivity index (χ3v) is 3.92. The number of rotatable bonds is 4. The summed E-state index contributed by atoms with van der Waals surface area (Å²) in [7, 11) is 6.01. The van der Waals surface area contributed by atoms with E-state index in [0.29, 0.717) is 0 Å².